The molecule has 7 nitrogen and oxygen atoms in total. The van der Waals surface area contributed by atoms with E-state index < -0.39 is 10.0 Å². The minimum Gasteiger partial charge on any atom is -0.465 e. The van der Waals surface area contributed by atoms with Crippen LogP contribution in [-0.4, -0.2) is 25.7 Å². The van der Waals surface area contributed by atoms with Gasteiger partial charge in [0, 0.05) is 17.8 Å². The molecule has 2 heterocycles. The third kappa shape index (κ3) is 3.09. The van der Waals surface area contributed by atoms with E-state index >= 15 is 0 Å². The maximum atomic E-state index is 12.3. The predicted molar refractivity (Wildman–Crippen MR) is 73.6 cm³/mol. The summed E-state index contributed by atoms with van der Waals surface area (Å²) in [6.07, 6.45) is 0. The molecule has 0 aliphatic rings. The number of aromatic nitrogens is 2. The minimum atomic E-state index is -3.67. The number of aryl methyl sites for hydroxylation is 2. The van der Waals surface area contributed by atoms with Crippen molar-refractivity contribution in [2.75, 3.05) is 7.05 Å². The Kier molecular flexibility index (Phi) is 4.26. The van der Waals surface area contributed by atoms with Crippen LogP contribution in [0.15, 0.2) is 21.6 Å². The number of rotatable bonds is 6. The Labute approximate surface area is 117 Å². The van der Waals surface area contributed by atoms with Gasteiger partial charge in [-0.25, -0.2) is 13.1 Å². The van der Waals surface area contributed by atoms with Gasteiger partial charge >= 0.3 is 0 Å². The maximum absolute atomic E-state index is 12.3. The van der Waals surface area contributed by atoms with Crippen LogP contribution in [0.2, 0.25) is 0 Å². The van der Waals surface area contributed by atoms with Crippen LogP contribution in [0.25, 0.3) is 0 Å². The normalized spacial score (nSPS) is 11.9. The molecule has 110 valence electrons. The minimum absolute atomic E-state index is 0.0210. The van der Waals surface area contributed by atoms with Crippen LogP contribution in [0, 0.1) is 13.8 Å². The number of furan rings is 1. The van der Waals surface area contributed by atoms with Gasteiger partial charge < -0.3 is 9.73 Å². The molecule has 0 atom stereocenters. The van der Waals surface area contributed by atoms with Crippen molar-refractivity contribution in [3.05, 3.63) is 34.9 Å². The standard InChI is InChI=1S/C12H18N4O3S/c1-8-4-5-10(19-8)6-14-20(17,18)12-11(7-13-3)9(2)15-16-12/h4-5,13-14H,6-7H2,1-3H3,(H,15,16). The fourth-order valence-corrected chi connectivity index (χ4v) is 3.04. The van der Waals surface area contributed by atoms with Crippen LogP contribution in [-0.2, 0) is 23.1 Å². The Balaban J connectivity index is 2.18. The topological polar surface area (TPSA) is 100 Å². The summed E-state index contributed by atoms with van der Waals surface area (Å²) < 4.78 is 32.3. The van der Waals surface area contributed by atoms with Crippen molar-refractivity contribution in [2.45, 2.75) is 32.0 Å². The monoisotopic (exact) mass is 298 g/mol. The van der Waals surface area contributed by atoms with Gasteiger partial charge in [0.15, 0.2) is 5.03 Å². The van der Waals surface area contributed by atoms with Gasteiger partial charge in [-0.2, -0.15) is 5.10 Å². The Bertz CT molecular complexity index is 687. The maximum Gasteiger partial charge on any atom is 0.260 e. The molecule has 0 aliphatic carbocycles. The van der Waals surface area contributed by atoms with E-state index in [0.717, 1.165) is 11.5 Å². The fraction of sp³-hybridized carbons (Fsp3) is 0.417. The quantitative estimate of drug-likeness (QED) is 0.733. The summed E-state index contributed by atoms with van der Waals surface area (Å²) in [5, 5.41) is 9.53. The van der Waals surface area contributed by atoms with E-state index in [9.17, 15) is 8.42 Å². The summed E-state index contributed by atoms with van der Waals surface area (Å²) >= 11 is 0. The van der Waals surface area contributed by atoms with Gasteiger partial charge in [-0.15, -0.1) is 0 Å². The second-order valence-corrected chi connectivity index (χ2v) is 6.18. The second-order valence-electron chi connectivity index (χ2n) is 4.50. The number of hydrogen-bond donors (Lipinski definition) is 3. The fourth-order valence-electron chi connectivity index (χ4n) is 1.85. The predicted octanol–water partition coefficient (Wildman–Crippen LogP) is 0.817. The van der Waals surface area contributed by atoms with E-state index in [-0.39, 0.29) is 11.6 Å². The molecule has 2 rings (SSSR count). The molecular weight excluding hydrogens is 280 g/mol. The lowest BCUT2D eigenvalue weighted by molar-refractivity contribution is 0.475. The summed E-state index contributed by atoms with van der Waals surface area (Å²) in [6.45, 7) is 4.12. The molecule has 0 aromatic carbocycles. The van der Waals surface area contributed by atoms with Crippen molar-refractivity contribution in [1.29, 1.82) is 0 Å². The van der Waals surface area contributed by atoms with Crippen LogP contribution in [0.1, 0.15) is 22.8 Å². The number of hydrogen-bond acceptors (Lipinski definition) is 5. The summed E-state index contributed by atoms with van der Waals surface area (Å²) in [4.78, 5) is 0. The first-order chi connectivity index (χ1) is 9.44. The first-order valence-electron chi connectivity index (χ1n) is 6.17. The van der Waals surface area contributed by atoms with E-state index in [2.05, 4.69) is 20.2 Å². The van der Waals surface area contributed by atoms with Crippen molar-refractivity contribution >= 4 is 10.0 Å². The van der Waals surface area contributed by atoms with Gasteiger partial charge in [-0.3, -0.25) is 5.10 Å². The molecule has 0 saturated carbocycles. The van der Waals surface area contributed by atoms with Gasteiger partial charge in [0.05, 0.1) is 6.54 Å². The SMILES string of the molecule is CNCc1c(S(=O)(=O)NCc2ccc(C)o2)n[nH]c1C. The lowest BCUT2D eigenvalue weighted by Gasteiger charge is -2.05. The summed E-state index contributed by atoms with van der Waals surface area (Å²) in [7, 11) is -1.92. The highest BCUT2D eigenvalue weighted by Gasteiger charge is 2.23. The molecule has 20 heavy (non-hydrogen) atoms. The average Bonchev–Trinajstić information content (AvgIpc) is 2.96. The Morgan fingerprint density at radius 1 is 1.30 bits per heavy atom. The van der Waals surface area contributed by atoms with Crippen molar-refractivity contribution in [2.24, 2.45) is 0 Å². The van der Waals surface area contributed by atoms with E-state index in [4.69, 9.17) is 4.42 Å². The zero-order valence-electron chi connectivity index (χ0n) is 11.6. The molecule has 0 fully saturated rings. The summed E-state index contributed by atoms with van der Waals surface area (Å²) in [5.41, 5.74) is 1.36. The lowest BCUT2D eigenvalue weighted by Crippen LogP contribution is -2.25. The third-order valence-electron chi connectivity index (χ3n) is 2.88. The number of sulfonamides is 1. The first-order valence-corrected chi connectivity index (χ1v) is 7.66. The van der Waals surface area contributed by atoms with E-state index in [0.29, 0.717) is 17.9 Å². The van der Waals surface area contributed by atoms with Gasteiger partial charge in [-0.1, -0.05) is 0 Å². The molecule has 0 amide bonds. The molecule has 0 unspecified atom stereocenters. The van der Waals surface area contributed by atoms with Crippen molar-refractivity contribution < 1.29 is 12.8 Å². The second kappa shape index (κ2) is 5.78. The highest BCUT2D eigenvalue weighted by atomic mass is 32.2. The zero-order chi connectivity index (χ0) is 14.8. The van der Waals surface area contributed by atoms with Crippen LogP contribution >= 0.6 is 0 Å². The van der Waals surface area contributed by atoms with Crippen LogP contribution < -0.4 is 10.0 Å². The molecule has 0 bridgehead atoms. The molecule has 0 spiro atoms. The zero-order valence-corrected chi connectivity index (χ0v) is 12.5. The number of aromatic amines is 1. The van der Waals surface area contributed by atoms with Crippen molar-refractivity contribution in [1.82, 2.24) is 20.2 Å². The summed E-state index contributed by atoms with van der Waals surface area (Å²) in [5.74, 6) is 1.30. The van der Waals surface area contributed by atoms with E-state index in [1.165, 1.54) is 0 Å². The average molecular weight is 298 g/mol. The van der Waals surface area contributed by atoms with Crippen LogP contribution in [0.5, 0.6) is 0 Å². The Hall–Kier alpha value is -1.64. The largest absolute Gasteiger partial charge is 0.465 e. The van der Waals surface area contributed by atoms with Gasteiger partial charge in [0.1, 0.15) is 11.5 Å². The molecule has 0 radical (unpaired) electrons. The number of H-pyrrole nitrogens is 1. The Morgan fingerprint density at radius 2 is 2.05 bits per heavy atom. The molecule has 0 aliphatic heterocycles. The highest BCUT2D eigenvalue weighted by Crippen LogP contribution is 2.16. The highest BCUT2D eigenvalue weighted by molar-refractivity contribution is 7.89. The molecule has 2 aromatic rings. The van der Waals surface area contributed by atoms with Crippen molar-refractivity contribution in [3.63, 3.8) is 0 Å². The third-order valence-corrected chi connectivity index (χ3v) is 4.25. The lowest BCUT2D eigenvalue weighted by atomic mass is 10.3. The van der Waals surface area contributed by atoms with Gasteiger partial charge in [-0.05, 0) is 33.0 Å². The van der Waals surface area contributed by atoms with Gasteiger partial charge in [0.2, 0.25) is 0 Å². The summed E-state index contributed by atoms with van der Waals surface area (Å²) in [6, 6.07) is 3.52. The smallest absolute Gasteiger partial charge is 0.260 e. The van der Waals surface area contributed by atoms with Crippen LogP contribution in [0.4, 0.5) is 0 Å². The van der Waals surface area contributed by atoms with E-state index in [1.807, 2.05) is 0 Å². The van der Waals surface area contributed by atoms with Gasteiger partial charge in [0.25, 0.3) is 10.0 Å². The molecule has 0 saturated heterocycles. The Morgan fingerprint density at radius 3 is 2.65 bits per heavy atom. The molecule has 2 aromatic heterocycles. The number of nitrogens with one attached hydrogen (secondary N) is 3. The van der Waals surface area contributed by atoms with E-state index in [1.54, 1.807) is 33.0 Å². The van der Waals surface area contributed by atoms with Crippen molar-refractivity contribution in [3.8, 4) is 0 Å². The molecule has 8 heteroatoms. The number of nitrogens with zero attached hydrogens (tertiary/aromatic N) is 1. The first kappa shape index (κ1) is 14.8. The molecule has 3 N–H and O–H groups in total. The molecular formula is C12H18N4O3S. The van der Waals surface area contributed by atoms with Crippen LogP contribution in [0.3, 0.4) is 0 Å².